The topological polar surface area (TPSA) is 55.4 Å². The minimum Gasteiger partial charge on any atom is -0.449 e. The molecule has 1 amide bonds. The van der Waals surface area contributed by atoms with E-state index in [0.717, 1.165) is 11.1 Å². The van der Waals surface area contributed by atoms with E-state index < -0.39 is 17.4 Å². The molecule has 0 aliphatic heterocycles. The van der Waals surface area contributed by atoms with Gasteiger partial charge in [0.15, 0.2) is 0 Å². The Morgan fingerprint density at radius 1 is 1.04 bits per heavy atom. The van der Waals surface area contributed by atoms with E-state index in [1.807, 2.05) is 38.1 Å². The highest BCUT2D eigenvalue weighted by molar-refractivity contribution is 6.64. The first-order valence-corrected chi connectivity index (χ1v) is 8.67. The number of hydrogen-bond acceptors (Lipinski definition) is 3. The number of rotatable bonds is 5. The van der Waals surface area contributed by atoms with E-state index in [-0.39, 0.29) is 18.4 Å². The van der Waals surface area contributed by atoms with Crippen molar-refractivity contribution in [3.8, 4) is 11.1 Å². The third-order valence-electron chi connectivity index (χ3n) is 4.53. The number of ether oxygens (including phenoxy) is 1. The van der Waals surface area contributed by atoms with Gasteiger partial charge in [0, 0.05) is 5.92 Å². The molecule has 0 spiro atoms. The standard InChI is InChI=1S/C20H20ClNO3/c1-12(2)18(19(21)23)22-20(24)25-11-17-15-9-5-3-7-13(15)14-8-4-6-10-16(14)17/h3-10,12,17-18H,11H2,1-2H3,(H,22,24). The molecule has 1 aliphatic rings. The number of halogens is 1. The smallest absolute Gasteiger partial charge is 0.407 e. The molecule has 4 nitrogen and oxygen atoms in total. The van der Waals surface area contributed by atoms with Crippen LogP contribution in [0.25, 0.3) is 11.1 Å². The quantitative estimate of drug-likeness (QED) is 0.811. The molecule has 3 rings (SSSR count). The Balaban J connectivity index is 1.73. The van der Waals surface area contributed by atoms with Gasteiger partial charge in [0.1, 0.15) is 12.6 Å². The molecule has 0 bridgehead atoms. The lowest BCUT2D eigenvalue weighted by molar-refractivity contribution is -0.114. The predicted molar refractivity (Wildman–Crippen MR) is 97.7 cm³/mol. The van der Waals surface area contributed by atoms with Crippen LogP contribution in [-0.4, -0.2) is 24.0 Å². The van der Waals surface area contributed by atoms with Crippen LogP contribution in [0.2, 0.25) is 0 Å². The molecule has 0 radical (unpaired) electrons. The lowest BCUT2D eigenvalue weighted by Crippen LogP contribution is -2.43. The van der Waals surface area contributed by atoms with Crippen molar-refractivity contribution in [3.05, 3.63) is 59.7 Å². The van der Waals surface area contributed by atoms with Crippen LogP contribution in [-0.2, 0) is 9.53 Å². The van der Waals surface area contributed by atoms with Crippen molar-refractivity contribution in [2.75, 3.05) is 6.61 Å². The summed E-state index contributed by atoms with van der Waals surface area (Å²) >= 11 is 5.53. The molecule has 1 atom stereocenters. The fraction of sp³-hybridized carbons (Fsp3) is 0.300. The van der Waals surface area contributed by atoms with Crippen molar-refractivity contribution in [1.29, 1.82) is 0 Å². The van der Waals surface area contributed by atoms with Crippen LogP contribution in [0.5, 0.6) is 0 Å². The zero-order valence-electron chi connectivity index (χ0n) is 14.2. The number of nitrogens with one attached hydrogen (secondary N) is 1. The van der Waals surface area contributed by atoms with Gasteiger partial charge in [-0.05, 0) is 39.8 Å². The van der Waals surface area contributed by atoms with E-state index in [1.54, 1.807) is 0 Å². The largest absolute Gasteiger partial charge is 0.449 e. The molecule has 1 N–H and O–H groups in total. The summed E-state index contributed by atoms with van der Waals surface area (Å²) in [5.41, 5.74) is 4.63. The predicted octanol–water partition coefficient (Wildman–Crippen LogP) is 4.32. The zero-order chi connectivity index (χ0) is 18.0. The molecule has 2 aromatic rings. The molecule has 5 heteroatoms. The van der Waals surface area contributed by atoms with Crippen LogP contribution < -0.4 is 5.32 Å². The fourth-order valence-electron chi connectivity index (χ4n) is 3.25. The summed E-state index contributed by atoms with van der Waals surface area (Å²) in [5.74, 6) is -0.118. The van der Waals surface area contributed by atoms with E-state index in [2.05, 4.69) is 29.6 Å². The summed E-state index contributed by atoms with van der Waals surface area (Å²) in [6.45, 7) is 3.84. The summed E-state index contributed by atoms with van der Waals surface area (Å²) in [4.78, 5) is 23.5. The minimum atomic E-state index is -0.752. The molecule has 130 valence electrons. The summed E-state index contributed by atoms with van der Waals surface area (Å²) in [6, 6.07) is 15.5. The van der Waals surface area contributed by atoms with Gasteiger partial charge < -0.3 is 10.1 Å². The maximum absolute atomic E-state index is 12.1. The van der Waals surface area contributed by atoms with Crippen molar-refractivity contribution < 1.29 is 14.3 Å². The highest BCUT2D eigenvalue weighted by Crippen LogP contribution is 2.44. The number of carbonyl (C=O) groups is 2. The van der Waals surface area contributed by atoms with Gasteiger partial charge in [-0.1, -0.05) is 62.4 Å². The summed E-state index contributed by atoms with van der Waals surface area (Å²) in [6.07, 6.45) is -0.630. The molecule has 25 heavy (non-hydrogen) atoms. The fourth-order valence-corrected chi connectivity index (χ4v) is 3.56. The van der Waals surface area contributed by atoms with Gasteiger partial charge in [-0.25, -0.2) is 4.79 Å². The normalized spacial score (nSPS) is 13.9. The molecule has 0 fully saturated rings. The monoisotopic (exact) mass is 357 g/mol. The maximum Gasteiger partial charge on any atom is 0.407 e. The van der Waals surface area contributed by atoms with Gasteiger partial charge in [-0.2, -0.15) is 0 Å². The van der Waals surface area contributed by atoms with Crippen LogP contribution >= 0.6 is 11.6 Å². The van der Waals surface area contributed by atoms with Crippen molar-refractivity contribution in [2.45, 2.75) is 25.8 Å². The van der Waals surface area contributed by atoms with Gasteiger partial charge in [-0.3, -0.25) is 4.79 Å². The number of alkyl carbamates (subject to hydrolysis) is 1. The summed E-state index contributed by atoms with van der Waals surface area (Å²) in [5, 5.41) is 1.95. The lowest BCUT2D eigenvalue weighted by Gasteiger charge is -2.19. The first-order chi connectivity index (χ1) is 12.0. The number of hydrogen-bond donors (Lipinski definition) is 1. The van der Waals surface area contributed by atoms with Gasteiger partial charge >= 0.3 is 6.09 Å². The molecule has 1 aliphatic carbocycles. The van der Waals surface area contributed by atoms with Crippen molar-refractivity contribution in [2.24, 2.45) is 5.92 Å². The third kappa shape index (κ3) is 3.54. The number of fused-ring (bicyclic) bond motifs is 3. The molecule has 0 aromatic heterocycles. The second-order valence-electron chi connectivity index (χ2n) is 6.50. The van der Waals surface area contributed by atoms with Crippen molar-refractivity contribution in [1.82, 2.24) is 5.32 Å². The Labute approximate surface area is 152 Å². The van der Waals surface area contributed by atoms with Gasteiger partial charge in [0.25, 0.3) is 0 Å². The number of benzene rings is 2. The van der Waals surface area contributed by atoms with Crippen molar-refractivity contribution in [3.63, 3.8) is 0 Å². The Bertz CT molecular complexity index is 758. The number of carbonyl (C=O) groups excluding carboxylic acids is 2. The molecule has 0 saturated carbocycles. The summed E-state index contributed by atoms with van der Waals surface area (Å²) < 4.78 is 5.41. The zero-order valence-corrected chi connectivity index (χ0v) is 14.9. The van der Waals surface area contributed by atoms with E-state index in [1.165, 1.54) is 11.1 Å². The highest BCUT2D eigenvalue weighted by Gasteiger charge is 2.30. The molecule has 0 heterocycles. The van der Waals surface area contributed by atoms with E-state index >= 15 is 0 Å². The SMILES string of the molecule is CC(C)C(NC(=O)OCC1c2ccccc2-c2ccccc21)C(=O)Cl. The third-order valence-corrected chi connectivity index (χ3v) is 4.76. The van der Waals surface area contributed by atoms with Crippen LogP contribution in [0.15, 0.2) is 48.5 Å². The lowest BCUT2D eigenvalue weighted by atomic mass is 9.98. The second-order valence-corrected chi connectivity index (χ2v) is 6.87. The first-order valence-electron chi connectivity index (χ1n) is 8.30. The highest BCUT2D eigenvalue weighted by atomic mass is 35.5. The molecular formula is C20H20ClNO3. The maximum atomic E-state index is 12.1. The van der Waals surface area contributed by atoms with Crippen LogP contribution in [0, 0.1) is 5.92 Å². The molecular weight excluding hydrogens is 338 g/mol. The van der Waals surface area contributed by atoms with Crippen molar-refractivity contribution >= 4 is 22.9 Å². The average molecular weight is 358 g/mol. The van der Waals surface area contributed by atoms with E-state index in [4.69, 9.17) is 16.3 Å². The Kier molecular flexibility index (Phi) is 5.09. The number of amides is 1. The van der Waals surface area contributed by atoms with E-state index in [9.17, 15) is 9.59 Å². The summed E-state index contributed by atoms with van der Waals surface area (Å²) in [7, 11) is 0. The average Bonchev–Trinajstić information content (AvgIpc) is 2.91. The minimum absolute atomic E-state index is 0.0117. The molecule has 1 unspecified atom stereocenters. The molecule has 0 saturated heterocycles. The van der Waals surface area contributed by atoms with Crippen LogP contribution in [0.1, 0.15) is 30.9 Å². The van der Waals surface area contributed by atoms with Gasteiger partial charge in [-0.15, -0.1) is 0 Å². The Morgan fingerprint density at radius 2 is 1.56 bits per heavy atom. The Hall–Kier alpha value is -2.33. The van der Waals surface area contributed by atoms with Crippen LogP contribution in [0.4, 0.5) is 4.79 Å². The van der Waals surface area contributed by atoms with Gasteiger partial charge in [0.05, 0.1) is 0 Å². The van der Waals surface area contributed by atoms with Crippen LogP contribution in [0.3, 0.4) is 0 Å². The van der Waals surface area contributed by atoms with Gasteiger partial charge in [0.2, 0.25) is 5.24 Å². The second kappa shape index (κ2) is 7.28. The molecule has 2 aromatic carbocycles. The van der Waals surface area contributed by atoms with E-state index in [0.29, 0.717) is 0 Å². The Morgan fingerprint density at radius 3 is 2.04 bits per heavy atom. The first kappa shape index (κ1) is 17.5.